The van der Waals surface area contributed by atoms with Gasteiger partial charge in [-0.15, -0.1) is 0 Å². The Morgan fingerprint density at radius 2 is 1.74 bits per heavy atom. The SMILES string of the molecule is O=c1[nH]c(=O)c2ccc(Oc3ccccc3)cc2s1. The van der Waals surface area contributed by atoms with E-state index >= 15 is 0 Å². The molecule has 3 aromatic rings. The highest BCUT2D eigenvalue weighted by Gasteiger charge is 2.04. The highest BCUT2D eigenvalue weighted by Crippen LogP contribution is 2.24. The highest BCUT2D eigenvalue weighted by atomic mass is 32.1. The van der Waals surface area contributed by atoms with E-state index in [2.05, 4.69) is 4.98 Å². The van der Waals surface area contributed by atoms with Gasteiger partial charge < -0.3 is 4.74 Å². The van der Waals surface area contributed by atoms with E-state index in [0.29, 0.717) is 21.6 Å². The minimum Gasteiger partial charge on any atom is -0.457 e. The molecular formula is C14H9NO3S. The van der Waals surface area contributed by atoms with Gasteiger partial charge in [0.05, 0.1) is 5.39 Å². The van der Waals surface area contributed by atoms with E-state index in [1.165, 1.54) is 0 Å². The predicted octanol–water partition coefficient (Wildman–Crippen LogP) is 2.74. The number of hydrogen-bond acceptors (Lipinski definition) is 4. The summed E-state index contributed by atoms with van der Waals surface area (Å²) in [7, 11) is 0. The summed E-state index contributed by atoms with van der Waals surface area (Å²) in [5.74, 6) is 1.30. The summed E-state index contributed by atoms with van der Waals surface area (Å²) in [6.45, 7) is 0. The molecule has 0 bridgehead atoms. The summed E-state index contributed by atoms with van der Waals surface area (Å²) >= 11 is 0.989. The van der Waals surface area contributed by atoms with Crippen LogP contribution in [-0.4, -0.2) is 4.98 Å². The quantitative estimate of drug-likeness (QED) is 0.779. The summed E-state index contributed by atoms with van der Waals surface area (Å²) in [6.07, 6.45) is 0. The number of ether oxygens (including phenoxy) is 1. The molecule has 1 heterocycles. The molecule has 1 aromatic heterocycles. The van der Waals surface area contributed by atoms with Gasteiger partial charge in [-0.1, -0.05) is 29.5 Å². The van der Waals surface area contributed by atoms with Crippen molar-refractivity contribution < 1.29 is 4.74 Å². The molecule has 1 N–H and O–H groups in total. The van der Waals surface area contributed by atoms with E-state index in [-0.39, 0.29) is 10.4 Å². The third-order valence-electron chi connectivity index (χ3n) is 2.59. The molecule has 0 aliphatic rings. The molecule has 0 radical (unpaired) electrons. The lowest BCUT2D eigenvalue weighted by atomic mass is 10.2. The molecule has 4 nitrogen and oxygen atoms in total. The number of fused-ring (bicyclic) bond motifs is 1. The molecule has 0 amide bonds. The first-order chi connectivity index (χ1) is 9.22. The Bertz CT molecular complexity index is 836. The summed E-state index contributed by atoms with van der Waals surface area (Å²) in [6, 6.07) is 14.4. The molecule has 0 fully saturated rings. The van der Waals surface area contributed by atoms with E-state index < -0.39 is 0 Å². The fourth-order valence-electron chi connectivity index (χ4n) is 1.75. The Hall–Kier alpha value is -2.40. The van der Waals surface area contributed by atoms with Crippen LogP contribution < -0.4 is 15.2 Å². The fourth-order valence-corrected chi connectivity index (χ4v) is 2.54. The lowest BCUT2D eigenvalue weighted by molar-refractivity contribution is 0.483. The Kier molecular flexibility index (Phi) is 2.89. The van der Waals surface area contributed by atoms with E-state index in [9.17, 15) is 9.59 Å². The molecular weight excluding hydrogens is 262 g/mol. The van der Waals surface area contributed by atoms with Crippen LogP contribution in [0.15, 0.2) is 58.1 Å². The normalized spacial score (nSPS) is 10.5. The van der Waals surface area contributed by atoms with Crippen LogP contribution in [-0.2, 0) is 0 Å². The summed E-state index contributed by atoms with van der Waals surface area (Å²) in [5, 5.41) is 0.491. The van der Waals surface area contributed by atoms with Gasteiger partial charge in [-0.25, -0.2) is 0 Å². The van der Waals surface area contributed by atoms with Crippen molar-refractivity contribution in [1.29, 1.82) is 0 Å². The van der Waals surface area contributed by atoms with Crippen LogP contribution in [0.25, 0.3) is 10.1 Å². The van der Waals surface area contributed by atoms with Gasteiger partial charge in [-0.3, -0.25) is 14.6 Å². The van der Waals surface area contributed by atoms with Crippen molar-refractivity contribution in [2.75, 3.05) is 0 Å². The first-order valence-electron chi connectivity index (χ1n) is 5.62. The van der Waals surface area contributed by atoms with Crippen LogP contribution in [0.1, 0.15) is 0 Å². The van der Waals surface area contributed by atoms with Crippen molar-refractivity contribution in [3.05, 3.63) is 68.6 Å². The molecule has 0 spiro atoms. The van der Waals surface area contributed by atoms with Crippen LogP contribution >= 0.6 is 11.3 Å². The number of H-pyrrole nitrogens is 1. The Balaban J connectivity index is 2.07. The molecule has 2 aromatic carbocycles. The topological polar surface area (TPSA) is 59.2 Å². The van der Waals surface area contributed by atoms with E-state index in [1.807, 2.05) is 30.3 Å². The monoisotopic (exact) mass is 271 g/mol. The van der Waals surface area contributed by atoms with Crippen LogP contribution in [0.4, 0.5) is 0 Å². The number of aromatic amines is 1. The second-order valence-corrected chi connectivity index (χ2v) is 4.93. The fraction of sp³-hybridized carbons (Fsp3) is 0. The molecule has 19 heavy (non-hydrogen) atoms. The average Bonchev–Trinajstić information content (AvgIpc) is 2.39. The van der Waals surface area contributed by atoms with E-state index in [1.54, 1.807) is 18.2 Å². The van der Waals surface area contributed by atoms with Gasteiger partial charge in [0.1, 0.15) is 11.5 Å². The number of benzene rings is 2. The molecule has 0 aliphatic heterocycles. The molecule has 0 unspecified atom stereocenters. The maximum Gasteiger partial charge on any atom is 0.307 e. The summed E-state index contributed by atoms with van der Waals surface area (Å²) in [4.78, 5) is 24.8. The van der Waals surface area contributed by atoms with Gasteiger partial charge >= 0.3 is 4.87 Å². The first-order valence-corrected chi connectivity index (χ1v) is 6.44. The molecule has 3 rings (SSSR count). The van der Waals surface area contributed by atoms with Gasteiger partial charge in [0.2, 0.25) is 0 Å². The van der Waals surface area contributed by atoms with Crippen molar-refractivity contribution >= 4 is 21.4 Å². The van der Waals surface area contributed by atoms with Gasteiger partial charge in [0.25, 0.3) is 5.56 Å². The Morgan fingerprint density at radius 1 is 0.947 bits per heavy atom. The minimum absolute atomic E-state index is 0.366. The Labute approximate surface area is 111 Å². The molecule has 5 heteroatoms. The third-order valence-corrected chi connectivity index (χ3v) is 3.44. The van der Waals surface area contributed by atoms with Gasteiger partial charge in [0, 0.05) is 4.70 Å². The second kappa shape index (κ2) is 4.70. The van der Waals surface area contributed by atoms with Crippen molar-refractivity contribution in [2.45, 2.75) is 0 Å². The van der Waals surface area contributed by atoms with Crippen LogP contribution in [0.5, 0.6) is 11.5 Å². The second-order valence-electron chi connectivity index (χ2n) is 3.92. The highest BCUT2D eigenvalue weighted by molar-refractivity contribution is 7.16. The van der Waals surface area contributed by atoms with Crippen LogP contribution in [0.3, 0.4) is 0 Å². The minimum atomic E-state index is -0.370. The van der Waals surface area contributed by atoms with Crippen molar-refractivity contribution in [1.82, 2.24) is 4.98 Å². The lowest BCUT2D eigenvalue weighted by Gasteiger charge is -2.05. The number of hydrogen-bond donors (Lipinski definition) is 1. The molecule has 0 aliphatic carbocycles. The van der Waals surface area contributed by atoms with Crippen LogP contribution in [0.2, 0.25) is 0 Å². The summed E-state index contributed by atoms with van der Waals surface area (Å²) < 4.78 is 6.27. The smallest absolute Gasteiger partial charge is 0.307 e. The average molecular weight is 271 g/mol. The third kappa shape index (κ3) is 2.41. The van der Waals surface area contributed by atoms with E-state index in [4.69, 9.17) is 4.74 Å². The van der Waals surface area contributed by atoms with Crippen LogP contribution in [0, 0.1) is 0 Å². The van der Waals surface area contributed by atoms with Gasteiger partial charge in [-0.05, 0) is 30.3 Å². The molecule has 0 saturated heterocycles. The molecule has 94 valence electrons. The van der Waals surface area contributed by atoms with Gasteiger partial charge in [-0.2, -0.15) is 0 Å². The lowest BCUT2D eigenvalue weighted by Crippen LogP contribution is -2.15. The maximum atomic E-state index is 11.6. The number of aromatic nitrogens is 1. The van der Waals surface area contributed by atoms with Gasteiger partial charge in [0.15, 0.2) is 0 Å². The molecule has 0 saturated carbocycles. The number of nitrogens with one attached hydrogen (secondary N) is 1. The van der Waals surface area contributed by atoms with E-state index in [0.717, 1.165) is 11.3 Å². The number of rotatable bonds is 2. The Morgan fingerprint density at radius 3 is 2.53 bits per heavy atom. The van der Waals surface area contributed by atoms with Crippen molar-refractivity contribution in [3.63, 3.8) is 0 Å². The van der Waals surface area contributed by atoms with Crippen molar-refractivity contribution in [2.24, 2.45) is 0 Å². The maximum absolute atomic E-state index is 11.6. The zero-order chi connectivity index (χ0) is 13.2. The molecule has 0 atom stereocenters. The number of para-hydroxylation sites is 1. The summed E-state index contributed by atoms with van der Waals surface area (Å²) in [5.41, 5.74) is -0.370. The zero-order valence-corrected chi connectivity index (χ0v) is 10.6. The largest absolute Gasteiger partial charge is 0.457 e. The zero-order valence-electron chi connectivity index (χ0n) is 9.75. The van der Waals surface area contributed by atoms with Crippen molar-refractivity contribution in [3.8, 4) is 11.5 Å². The first kappa shape index (κ1) is 11.7. The predicted molar refractivity (Wildman–Crippen MR) is 75.2 cm³/mol. The standard InChI is InChI=1S/C14H9NO3S/c16-13-11-7-6-10(8-12(11)19-14(17)15-13)18-9-4-2-1-3-5-9/h1-8H,(H,15,16,17).